The molecule has 0 fully saturated rings. The summed E-state index contributed by atoms with van der Waals surface area (Å²) in [5.41, 5.74) is 15.4. The number of nitrogens with zero attached hydrogens (tertiary/aromatic N) is 9. The van der Waals surface area contributed by atoms with Crippen molar-refractivity contribution < 1.29 is 0 Å². The molecule has 12 rings (SSSR count). The first-order valence-electron chi connectivity index (χ1n) is 24.0. The fourth-order valence-corrected chi connectivity index (χ4v) is 9.72. The van der Waals surface area contributed by atoms with Crippen LogP contribution in [0.2, 0.25) is 0 Å². The minimum atomic E-state index is 0.372. The van der Waals surface area contributed by atoms with Crippen LogP contribution in [0.1, 0.15) is 11.1 Å². The second-order valence-corrected chi connectivity index (χ2v) is 17.8. The third-order valence-corrected chi connectivity index (χ3v) is 13.4. The predicted octanol–water partition coefficient (Wildman–Crippen LogP) is 16.5. The van der Waals surface area contributed by atoms with Crippen LogP contribution in [0.4, 0.5) is 11.4 Å². The van der Waals surface area contributed by atoms with E-state index in [0.717, 1.165) is 89.1 Å². The van der Waals surface area contributed by atoms with Gasteiger partial charge in [-0.3, -0.25) is 0 Å². The largest absolute Gasteiger partial charge is 0.309 e. The lowest BCUT2D eigenvalue weighted by Gasteiger charge is -2.17. The normalized spacial score (nSPS) is 10.9. The van der Waals surface area contributed by atoms with Gasteiger partial charge in [0.25, 0.3) is 0 Å². The molecular formula is C66H37N9. The molecule has 0 amide bonds. The average molecular weight is 956 g/mol. The third-order valence-electron chi connectivity index (χ3n) is 13.4. The molecule has 0 bridgehead atoms. The molecule has 12 aromatic rings. The highest BCUT2D eigenvalue weighted by Crippen LogP contribution is 2.43. The van der Waals surface area contributed by atoms with Crippen LogP contribution in [0.5, 0.6) is 0 Å². The molecule has 75 heavy (non-hydrogen) atoms. The maximum Gasteiger partial charge on any atom is 0.196 e. The summed E-state index contributed by atoms with van der Waals surface area (Å²) in [6.45, 7) is 15.7. The molecule has 9 nitrogen and oxygen atoms in total. The van der Waals surface area contributed by atoms with Crippen LogP contribution >= 0.6 is 0 Å². The minimum Gasteiger partial charge on any atom is -0.309 e. The zero-order valence-corrected chi connectivity index (χ0v) is 39.9. The topological polar surface area (TPSA) is 113 Å². The van der Waals surface area contributed by atoms with Crippen LogP contribution < -0.4 is 0 Å². The van der Waals surface area contributed by atoms with Crippen molar-refractivity contribution in [3.05, 3.63) is 258 Å². The van der Waals surface area contributed by atoms with Crippen LogP contribution in [0.3, 0.4) is 0 Å². The molecule has 3 aromatic heterocycles. The van der Waals surface area contributed by atoms with E-state index in [2.05, 4.69) is 93.1 Å². The summed E-state index contributed by atoms with van der Waals surface area (Å²) in [5.74, 6) is 1.16. The lowest BCUT2D eigenvalue weighted by molar-refractivity contribution is 1.15. The van der Waals surface area contributed by atoms with Crippen molar-refractivity contribution in [1.29, 1.82) is 10.5 Å². The Hall–Kier alpha value is -11.1. The van der Waals surface area contributed by atoms with E-state index in [1.165, 1.54) is 0 Å². The zero-order chi connectivity index (χ0) is 50.8. The van der Waals surface area contributed by atoms with Crippen molar-refractivity contribution in [1.82, 2.24) is 24.5 Å². The second kappa shape index (κ2) is 19.2. The maximum absolute atomic E-state index is 10.3. The summed E-state index contributed by atoms with van der Waals surface area (Å²) in [5, 5.41) is 21.9. The molecule has 9 heteroatoms. The Bertz CT molecular complexity index is 4140. The molecule has 0 aliphatic heterocycles. The number of fused-ring (bicyclic) bond motifs is 3. The van der Waals surface area contributed by atoms with Crippen molar-refractivity contribution in [2.75, 3.05) is 0 Å². The Morgan fingerprint density at radius 1 is 0.373 bits per heavy atom. The molecule has 0 radical (unpaired) electrons. The van der Waals surface area contributed by atoms with E-state index < -0.39 is 0 Å². The summed E-state index contributed by atoms with van der Waals surface area (Å²) in [6, 6.07) is 77.9. The number of nitriles is 2. The van der Waals surface area contributed by atoms with Crippen LogP contribution in [0, 0.1) is 35.8 Å². The highest BCUT2D eigenvalue weighted by atomic mass is 15.0. The molecule has 0 aliphatic rings. The van der Waals surface area contributed by atoms with Gasteiger partial charge in [0.2, 0.25) is 0 Å². The second-order valence-electron chi connectivity index (χ2n) is 17.8. The highest BCUT2D eigenvalue weighted by Gasteiger charge is 2.22. The van der Waals surface area contributed by atoms with Gasteiger partial charge in [-0.05, 0) is 89.0 Å². The number of rotatable bonds is 9. The van der Waals surface area contributed by atoms with Crippen molar-refractivity contribution in [2.45, 2.75) is 0 Å². The predicted molar refractivity (Wildman–Crippen MR) is 297 cm³/mol. The van der Waals surface area contributed by atoms with Crippen LogP contribution in [-0.4, -0.2) is 24.5 Å². The number of hydrogen-bond acceptors (Lipinski definition) is 6. The van der Waals surface area contributed by atoms with Crippen molar-refractivity contribution in [2.24, 2.45) is 0 Å². The molecular weight excluding hydrogens is 919 g/mol. The summed E-state index contributed by atoms with van der Waals surface area (Å²) < 4.78 is 2.25. The van der Waals surface area contributed by atoms with Crippen LogP contribution in [0.15, 0.2) is 224 Å². The summed E-state index contributed by atoms with van der Waals surface area (Å²) in [6.07, 6.45) is 0. The molecule has 9 aromatic carbocycles. The first kappa shape index (κ1) is 45.1. The number of benzene rings is 9. The van der Waals surface area contributed by atoms with E-state index in [1.54, 1.807) is 24.3 Å². The van der Waals surface area contributed by atoms with E-state index in [1.807, 2.05) is 133 Å². The van der Waals surface area contributed by atoms with Gasteiger partial charge in [0.15, 0.2) is 23.0 Å². The van der Waals surface area contributed by atoms with Gasteiger partial charge < -0.3 is 4.57 Å². The highest BCUT2D eigenvalue weighted by molar-refractivity contribution is 6.12. The Labute approximate surface area is 432 Å². The van der Waals surface area contributed by atoms with E-state index in [-0.39, 0.29) is 0 Å². The number of aromatic nitrogens is 5. The van der Waals surface area contributed by atoms with Gasteiger partial charge in [0.1, 0.15) is 0 Å². The summed E-state index contributed by atoms with van der Waals surface area (Å²) >= 11 is 0. The Balaban J connectivity index is 1.16. The van der Waals surface area contributed by atoms with Crippen LogP contribution in [0.25, 0.3) is 127 Å². The molecule has 0 unspecified atom stereocenters. The molecule has 3 heterocycles. The molecule has 0 aliphatic carbocycles. The Kier molecular flexibility index (Phi) is 11.6. The van der Waals surface area contributed by atoms with Crippen LogP contribution in [-0.2, 0) is 0 Å². The molecule has 0 atom stereocenters. The molecule has 0 spiro atoms. The zero-order valence-electron chi connectivity index (χ0n) is 39.9. The Morgan fingerprint density at radius 2 is 0.867 bits per heavy atom. The van der Waals surface area contributed by atoms with Gasteiger partial charge >= 0.3 is 0 Å². The van der Waals surface area contributed by atoms with Crippen molar-refractivity contribution >= 4 is 33.2 Å². The first-order valence-corrected chi connectivity index (χ1v) is 24.0. The maximum atomic E-state index is 10.3. The van der Waals surface area contributed by atoms with Crippen molar-refractivity contribution in [3.8, 4) is 108 Å². The van der Waals surface area contributed by atoms with Crippen molar-refractivity contribution in [3.63, 3.8) is 0 Å². The molecule has 346 valence electrons. The third kappa shape index (κ3) is 8.48. The quantitative estimate of drug-likeness (QED) is 0.133. The standard InChI is InChI=1S/C66H37N9/c1-69-51-27-29-52(50(34-51)41-68)47-24-30-62-54(35-47)55-36-48(53-28-23-42(40-67)33-60(53)70-2)25-31-63(55)75(62)64-32-26-49(59-38-57(43-15-7-3-8-16-43)71-65(73-59)45-19-11-5-12-20-45)37-56(64)61-39-58(44-17-9-4-10-18-44)72-66(74-61)46-21-13-6-14-22-46/h3-39H. The smallest absolute Gasteiger partial charge is 0.196 e. The lowest BCUT2D eigenvalue weighted by atomic mass is 9.97. The first-order chi connectivity index (χ1) is 37.0. The average Bonchev–Trinajstić information content (AvgIpc) is 3.88. The van der Waals surface area contributed by atoms with E-state index in [9.17, 15) is 10.5 Å². The summed E-state index contributed by atoms with van der Waals surface area (Å²) in [4.78, 5) is 28.4. The lowest BCUT2D eigenvalue weighted by Crippen LogP contribution is -2.02. The van der Waals surface area contributed by atoms with E-state index in [4.69, 9.17) is 33.1 Å². The van der Waals surface area contributed by atoms with Gasteiger partial charge in [-0.2, -0.15) is 10.5 Å². The SMILES string of the molecule is [C-]#[N+]c1ccc(-c2ccc3c(c2)c2cc(-c4ccc(C#N)cc4[N+]#[C-])ccc2n3-c2ccc(-c3cc(-c4ccccc4)nc(-c4ccccc4)n3)cc2-c2cc(-c3ccccc3)nc(-c3ccccc3)n2)c(C#N)c1. The van der Waals surface area contributed by atoms with E-state index >= 15 is 0 Å². The Morgan fingerprint density at radius 3 is 1.40 bits per heavy atom. The fourth-order valence-electron chi connectivity index (χ4n) is 9.72. The molecule has 0 N–H and O–H groups in total. The van der Waals surface area contributed by atoms with Gasteiger partial charge in [0, 0.05) is 55.3 Å². The summed E-state index contributed by atoms with van der Waals surface area (Å²) in [7, 11) is 0. The monoisotopic (exact) mass is 955 g/mol. The fraction of sp³-hybridized carbons (Fsp3) is 0. The van der Waals surface area contributed by atoms with Gasteiger partial charge in [-0.15, -0.1) is 0 Å². The minimum absolute atomic E-state index is 0.372. The van der Waals surface area contributed by atoms with Gasteiger partial charge in [-0.25, -0.2) is 29.6 Å². The molecule has 0 saturated carbocycles. The van der Waals surface area contributed by atoms with E-state index in [0.29, 0.717) is 51.0 Å². The van der Waals surface area contributed by atoms with Gasteiger partial charge in [0.05, 0.1) is 64.8 Å². The van der Waals surface area contributed by atoms with Gasteiger partial charge in [-0.1, -0.05) is 158 Å². The number of hydrogen-bond donors (Lipinski definition) is 0. The molecule has 0 saturated heterocycles.